The first-order valence-electron chi connectivity index (χ1n) is 5.49. The van der Waals surface area contributed by atoms with E-state index in [1.54, 1.807) is 6.33 Å². The summed E-state index contributed by atoms with van der Waals surface area (Å²) in [5.74, 6) is 1.06. The summed E-state index contributed by atoms with van der Waals surface area (Å²) in [4.78, 5) is 7.09. The van der Waals surface area contributed by atoms with Crippen LogP contribution in [0.3, 0.4) is 0 Å². The number of imidazole rings is 1. The van der Waals surface area contributed by atoms with Crippen molar-refractivity contribution >= 4 is 28.1 Å². The smallest absolute Gasteiger partial charge is 0.166 e. The van der Waals surface area contributed by atoms with Crippen LogP contribution in [0.5, 0.6) is 0 Å². The molecule has 0 aromatic carbocycles. The van der Waals surface area contributed by atoms with Crippen LogP contribution in [-0.2, 0) is 16.6 Å². The number of aromatic nitrogens is 2. The molecule has 0 aliphatic heterocycles. The fraction of sp³-hybridized carbons (Fsp3) is 0.600. The third kappa shape index (κ3) is 5.27. The Labute approximate surface area is 109 Å². The maximum Gasteiger partial charge on any atom is 0.166 e. The Morgan fingerprint density at radius 3 is 2.94 bits per heavy atom. The Hall–Kier alpha value is -0.950. The standard InChI is InChI=1S/C10H18N4OS2/c1-3-11-10(16)12-4-5-17(15)6-9-8(2)13-7-14-9/h7H,3-6H2,1-2H3,(H,13,14)(H2,11,12,16). The van der Waals surface area contributed by atoms with Gasteiger partial charge in [0.25, 0.3) is 0 Å². The maximum absolute atomic E-state index is 11.8. The number of aryl methyl sites for hydroxylation is 1. The van der Waals surface area contributed by atoms with Crippen molar-refractivity contribution in [2.45, 2.75) is 19.6 Å². The summed E-state index contributed by atoms with van der Waals surface area (Å²) < 4.78 is 11.8. The molecule has 3 N–H and O–H groups in total. The first-order chi connectivity index (χ1) is 8.13. The molecule has 0 spiro atoms. The van der Waals surface area contributed by atoms with E-state index < -0.39 is 10.8 Å². The van der Waals surface area contributed by atoms with E-state index in [1.807, 2.05) is 13.8 Å². The van der Waals surface area contributed by atoms with Crippen LogP contribution < -0.4 is 10.6 Å². The lowest BCUT2D eigenvalue weighted by Gasteiger charge is -2.08. The highest BCUT2D eigenvalue weighted by Crippen LogP contribution is 2.03. The Bertz CT molecular complexity index is 391. The van der Waals surface area contributed by atoms with Crippen molar-refractivity contribution in [1.82, 2.24) is 20.6 Å². The van der Waals surface area contributed by atoms with Crippen molar-refractivity contribution < 1.29 is 4.21 Å². The van der Waals surface area contributed by atoms with Crippen LogP contribution in [0.2, 0.25) is 0 Å². The Morgan fingerprint density at radius 2 is 2.35 bits per heavy atom. The fourth-order valence-corrected chi connectivity index (χ4v) is 2.58. The highest BCUT2D eigenvalue weighted by molar-refractivity contribution is 7.84. The number of hydrogen-bond donors (Lipinski definition) is 3. The molecule has 17 heavy (non-hydrogen) atoms. The normalized spacial score (nSPS) is 12.1. The van der Waals surface area contributed by atoms with Gasteiger partial charge in [-0.2, -0.15) is 0 Å². The summed E-state index contributed by atoms with van der Waals surface area (Å²) in [5, 5.41) is 6.60. The number of nitrogens with zero attached hydrogens (tertiary/aromatic N) is 1. The molecule has 96 valence electrons. The zero-order valence-corrected chi connectivity index (χ0v) is 11.7. The van der Waals surface area contributed by atoms with Gasteiger partial charge in [-0.15, -0.1) is 0 Å². The fourth-order valence-electron chi connectivity index (χ4n) is 1.26. The van der Waals surface area contributed by atoms with Crippen LogP contribution in [0, 0.1) is 6.92 Å². The molecule has 0 bridgehead atoms. The lowest BCUT2D eigenvalue weighted by Crippen LogP contribution is -2.37. The molecule has 1 aromatic heterocycles. The quantitative estimate of drug-likeness (QED) is 0.657. The van der Waals surface area contributed by atoms with Gasteiger partial charge in [0.1, 0.15) is 0 Å². The van der Waals surface area contributed by atoms with Gasteiger partial charge in [-0.05, 0) is 26.1 Å². The van der Waals surface area contributed by atoms with Crippen LogP contribution in [0.25, 0.3) is 0 Å². The molecule has 1 unspecified atom stereocenters. The molecule has 7 heteroatoms. The zero-order chi connectivity index (χ0) is 12.7. The summed E-state index contributed by atoms with van der Waals surface area (Å²) >= 11 is 5.00. The molecule has 0 aliphatic rings. The predicted molar refractivity (Wildman–Crippen MR) is 74.3 cm³/mol. The minimum Gasteiger partial charge on any atom is -0.363 e. The Kier molecular flexibility index (Phi) is 6.13. The van der Waals surface area contributed by atoms with Crippen molar-refractivity contribution in [3.8, 4) is 0 Å². The van der Waals surface area contributed by atoms with E-state index in [0.29, 0.717) is 23.2 Å². The van der Waals surface area contributed by atoms with Crippen molar-refractivity contribution in [1.29, 1.82) is 0 Å². The second-order valence-corrected chi connectivity index (χ2v) is 5.53. The first-order valence-corrected chi connectivity index (χ1v) is 7.38. The van der Waals surface area contributed by atoms with Gasteiger partial charge in [-0.3, -0.25) is 4.21 Å². The van der Waals surface area contributed by atoms with Crippen LogP contribution in [-0.4, -0.2) is 38.1 Å². The van der Waals surface area contributed by atoms with Crippen molar-refractivity contribution in [3.05, 3.63) is 17.7 Å². The van der Waals surface area contributed by atoms with E-state index in [9.17, 15) is 4.21 Å². The molecule has 0 fully saturated rings. The molecule has 1 rings (SSSR count). The van der Waals surface area contributed by atoms with Crippen LogP contribution in [0.1, 0.15) is 18.3 Å². The number of aromatic amines is 1. The number of H-pyrrole nitrogens is 1. The Morgan fingerprint density at radius 1 is 1.59 bits per heavy atom. The SMILES string of the molecule is CCNC(=S)NCCS(=O)Cc1nc[nH]c1C. The summed E-state index contributed by atoms with van der Waals surface area (Å²) in [6.07, 6.45) is 1.63. The summed E-state index contributed by atoms with van der Waals surface area (Å²) in [5.41, 5.74) is 1.85. The van der Waals surface area contributed by atoms with Gasteiger partial charge < -0.3 is 15.6 Å². The molecular formula is C10H18N4OS2. The topological polar surface area (TPSA) is 69.8 Å². The molecule has 0 amide bonds. The van der Waals surface area contributed by atoms with Crippen LogP contribution in [0.4, 0.5) is 0 Å². The molecule has 1 heterocycles. The molecule has 5 nitrogen and oxygen atoms in total. The van der Waals surface area contributed by atoms with Gasteiger partial charge >= 0.3 is 0 Å². The minimum atomic E-state index is -0.912. The van der Waals surface area contributed by atoms with E-state index in [2.05, 4.69) is 20.6 Å². The summed E-state index contributed by atoms with van der Waals surface area (Å²) in [7, 11) is -0.912. The number of hydrogen-bond acceptors (Lipinski definition) is 3. The summed E-state index contributed by atoms with van der Waals surface area (Å²) in [6, 6.07) is 0. The van der Waals surface area contributed by atoms with Gasteiger partial charge in [0.05, 0.1) is 17.8 Å². The van der Waals surface area contributed by atoms with E-state index in [0.717, 1.165) is 17.9 Å². The highest BCUT2D eigenvalue weighted by Gasteiger charge is 2.06. The molecule has 0 saturated carbocycles. The van der Waals surface area contributed by atoms with E-state index >= 15 is 0 Å². The molecular weight excluding hydrogens is 256 g/mol. The van der Waals surface area contributed by atoms with Crippen molar-refractivity contribution in [2.24, 2.45) is 0 Å². The highest BCUT2D eigenvalue weighted by atomic mass is 32.2. The summed E-state index contributed by atoms with van der Waals surface area (Å²) in [6.45, 7) is 5.31. The molecule has 1 atom stereocenters. The molecule has 0 radical (unpaired) electrons. The van der Waals surface area contributed by atoms with Gasteiger partial charge in [-0.1, -0.05) is 0 Å². The van der Waals surface area contributed by atoms with Gasteiger partial charge in [0.2, 0.25) is 0 Å². The average Bonchev–Trinajstić information content (AvgIpc) is 2.65. The number of rotatable bonds is 6. The molecule has 0 saturated heterocycles. The molecule has 1 aromatic rings. The van der Waals surface area contributed by atoms with E-state index in [4.69, 9.17) is 12.2 Å². The van der Waals surface area contributed by atoms with Gasteiger partial charge in [0.15, 0.2) is 5.11 Å². The van der Waals surface area contributed by atoms with E-state index in [-0.39, 0.29) is 0 Å². The largest absolute Gasteiger partial charge is 0.363 e. The van der Waals surface area contributed by atoms with Gasteiger partial charge in [-0.25, -0.2) is 4.98 Å². The second-order valence-electron chi connectivity index (χ2n) is 3.55. The average molecular weight is 274 g/mol. The maximum atomic E-state index is 11.8. The van der Waals surface area contributed by atoms with Crippen LogP contribution >= 0.6 is 12.2 Å². The lowest BCUT2D eigenvalue weighted by molar-refractivity contribution is 0.680. The lowest BCUT2D eigenvalue weighted by atomic mass is 10.4. The Balaban J connectivity index is 2.22. The van der Waals surface area contributed by atoms with E-state index in [1.165, 1.54) is 0 Å². The minimum absolute atomic E-state index is 0.491. The third-order valence-corrected chi connectivity index (χ3v) is 3.73. The number of thiocarbonyl (C=S) groups is 1. The van der Waals surface area contributed by atoms with Crippen molar-refractivity contribution in [3.63, 3.8) is 0 Å². The zero-order valence-electron chi connectivity index (χ0n) is 10.1. The number of nitrogens with one attached hydrogen (secondary N) is 3. The van der Waals surface area contributed by atoms with Gasteiger partial charge in [0, 0.05) is 35.3 Å². The molecule has 0 aliphatic carbocycles. The van der Waals surface area contributed by atoms with Crippen LogP contribution in [0.15, 0.2) is 6.33 Å². The third-order valence-electron chi connectivity index (χ3n) is 2.18. The second kappa shape index (κ2) is 7.39. The first kappa shape index (κ1) is 14.1. The monoisotopic (exact) mass is 274 g/mol. The predicted octanol–water partition coefficient (Wildman–Crippen LogP) is 0.451. The van der Waals surface area contributed by atoms with Crippen molar-refractivity contribution in [2.75, 3.05) is 18.8 Å².